The topological polar surface area (TPSA) is 123 Å². The van der Waals surface area contributed by atoms with E-state index >= 15 is 0 Å². The van der Waals surface area contributed by atoms with Crippen molar-refractivity contribution in [2.24, 2.45) is 0 Å². The Bertz CT molecular complexity index is 1200. The Kier molecular flexibility index (Phi) is 14.1. The van der Waals surface area contributed by atoms with Crippen LogP contribution in [0.15, 0.2) is 74.7 Å². The summed E-state index contributed by atoms with van der Waals surface area (Å²) in [4.78, 5) is 48.7. The van der Waals surface area contributed by atoms with Crippen LogP contribution in [0.3, 0.4) is 0 Å². The number of ketones is 2. The number of alkyl carbamates (subject to hydrolysis) is 1. The number of ether oxygens (including phenoxy) is 1. The van der Waals surface area contributed by atoms with Crippen LogP contribution in [0.4, 0.5) is 4.79 Å². The molecule has 1 atom stereocenters. The van der Waals surface area contributed by atoms with Crippen molar-refractivity contribution in [2.45, 2.75) is 72.6 Å². The van der Waals surface area contributed by atoms with Crippen LogP contribution in [0.1, 0.15) is 88.8 Å². The molecule has 38 heavy (non-hydrogen) atoms. The van der Waals surface area contributed by atoms with Crippen molar-refractivity contribution in [3.05, 3.63) is 87.2 Å². The minimum absolute atomic E-state index is 0.0739. The van der Waals surface area contributed by atoms with Gasteiger partial charge >= 0.3 is 11.7 Å². The van der Waals surface area contributed by atoms with Crippen molar-refractivity contribution < 1.29 is 28.6 Å². The maximum absolute atomic E-state index is 12.8. The van der Waals surface area contributed by atoms with E-state index in [4.69, 9.17) is 4.42 Å². The predicted molar refractivity (Wildman–Crippen MR) is 148 cm³/mol. The summed E-state index contributed by atoms with van der Waals surface area (Å²) in [7, 11) is 1.27. The largest absolute Gasteiger partial charge is 0.507 e. The molecule has 0 unspecified atom stereocenters. The molecule has 0 saturated carbocycles. The van der Waals surface area contributed by atoms with E-state index in [2.05, 4.69) is 10.1 Å². The summed E-state index contributed by atoms with van der Waals surface area (Å²) in [6, 6.07) is 1.29. The van der Waals surface area contributed by atoms with Crippen molar-refractivity contribution in [1.29, 1.82) is 0 Å². The van der Waals surface area contributed by atoms with E-state index in [-0.39, 0.29) is 23.0 Å². The van der Waals surface area contributed by atoms with Crippen LogP contribution in [0.5, 0.6) is 5.75 Å². The van der Waals surface area contributed by atoms with Gasteiger partial charge in [-0.1, -0.05) is 49.0 Å². The Morgan fingerprint density at radius 1 is 1.11 bits per heavy atom. The summed E-state index contributed by atoms with van der Waals surface area (Å²) in [5, 5.41) is 12.9. The van der Waals surface area contributed by atoms with E-state index in [1.165, 1.54) is 19.4 Å². The molecule has 0 aliphatic heterocycles. The summed E-state index contributed by atoms with van der Waals surface area (Å²) in [6.45, 7) is 8.97. The molecule has 0 radical (unpaired) electrons. The maximum Gasteiger partial charge on any atom is 0.410 e. The normalized spacial score (nSPS) is 13.7. The van der Waals surface area contributed by atoms with Crippen LogP contribution < -0.4 is 10.9 Å². The number of methoxy groups -OCH3 is 1. The van der Waals surface area contributed by atoms with Crippen LogP contribution in [-0.4, -0.2) is 29.9 Å². The van der Waals surface area contributed by atoms with Crippen molar-refractivity contribution in [3.63, 3.8) is 0 Å². The van der Waals surface area contributed by atoms with Crippen molar-refractivity contribution in [2.75, 3.05) is 7.11 Å². The second kappa shape index (κ2) is 16.7. The van der Waals surface area contributed by atoms with E-state index in [0.717, 1.165) is 17.6 Å². The van der Waals surface area contributed by atoms with E-state index in [1.54, 1.807) is 32.1 Å². The molecule has 1 aromatic heterocycles. The molecule has 1 amide bonds. The molecule has 206 valence electrons. The van der Waals surface area contributed by atoms with Gasteiger partial charge in [0.15, 0.2) is 11.6 Å². The number of hydrogen-bond acceptors (Lipinski definition) is 7. The van der Waals surface area contributed by atoms with Crippen LogP contribution in [0.25, 0.3) is 0 Å². The third-order valence-electron chi connectivity index (χ3n) is 5.89. The first-order chi connectivity index (χ1) is 18.0. The second-order valence-corrected chi connectivity index (χ2v) is 9.02. The Balaban J connectivity index is 2.83. The SMILES string of the molecule is C/C=C/C/C=C(/C)C(=O)CC/C(C)=C/C=C(\C)C(=O)c1c(O)cc([C@H](C)CC/C=C/NC(=O)OC)oc1=O. The lowest BCUT2D eigenvalue weighted by Gasteiger charge is -2.11. The Hall–Kier alpha value is -3.94. The predicted octanol–water partition coefficient (Wildman–Crippen LogP) is 6.44. The van der Waals surface area contributed by atoms with Gasteiger partial charge < -0.3 is 14.3 Å². The Morgan fingerprint density at radius 2 is 1.82 bits per heavy atom. The molecule has 0 aromatic carbocycles. The summed E-state index contributed by atoms with van der Waals surface area (Å²) in [6.07, 6.45) is 14.5. The number of carbonyl (C=O) groups excluding carboxylic acids is 3. The van der Waals surface area contributed by atoms with Gasteiger partial charge in [-0.15, -0.1) is 0 Å². The van der Waals surface area contributed by atoms with Gasteiger partial charge in [0.05, 0.1) is 7.11 Å². The van der Waals surface area contributed by atoms with Crippen molar-refractivity contribution in [3.8, 4) is 5.75 Å². The molecule has 0 saturated heterocycles. The molecule has 8 heteroatoms. The minimum Gasteiger partial charge on any atom is -0.507 e. The smallest absolute Gasteiger partial charge is 0.410 e. The van der Waals surface area contributed by atoms with E-state index in [9.17, 15) is 24.3 Å². The zero-order valence-electron chi connectivity index (χ0n) is 23.1. The third-order valence-corrected chi connectivity index (χ3v) is 5.89. The average Bonchev–Trinajstić information content (AvgIpc) is 2.89. The number of amides is 1. The molecule has 0 bridgehead atoms. The molecule has 0 spiro atoms. The monoisotopic (exact) mass is 525 g/mol. The van der Waals surface area contributed by atoms with Gasteiger partial charge in [-0.25, -0.2) is 9.59 Å². The summed E-state index contributed by atoms with van der Waals surface area (Å²) < 4.78 is 9.80. The first-order valence-electron chi connectivity index (χ1n) is 12.6. The lowest BCUT2D eigenvalue weighted by atomic mass is 9.99. The number of allylic oxidation sites excluding steroid dienone is 9. The molecule has 1 heterocycles. The quantitative estimate of drug-likeness (QED) is 0.124. The van der Waals surface area contributed by atoms with E-state index in [0.29, 0.717) is 25.7 Å². The highest BCUT2D eigenvalue weighted by molar-refractivity contribution is 6.09. The van der Waals surface area contributed by atoms with Gasteiger partial charge in [-0.3, -0.25) is 14.9 Å². The molecule has 8 nitrogen and oxygen atoms in total. The first-order valence-corrected chi connectivity index (χ1v) is 12.6. The highest BCUT2D eigenvalue weighted by Gasteiger charge is 2.21. The van der Waals surface area contributed by atoms with Gasteiger partial charge in [0, 0.05) is 24.6 Å². The first kappa shape index (κ1) is 32.1. The standard InChI is InChI=1S/C30H39NO7/c1-7-8-9-12-21(3)24(32)17-15-20(2)14-16-23(5)28(34)27-25(33)19-26(38-29(27)35)22(4)13-10-11-18-31-30(36)37-6/h7-8,11-12,14,16,18-19,22,33H,9-10,13,15,17H2,1-6H3,(H,31,36)/b8-7+,18-11+,20-14+,21-12-,23-16+/t22-/m1/s1. The number of nitrogens with one attached hydrogen (secondary N) is 1. The van der Waals surface area contributed by atoms with Crippen LogP contribution >= 0.6 is 0 Å². The van der Waals surface area contributed by atoms with Gasteiger partial charge in [0.1, 0.15) is 17.1 Å². The number of Topliss-reactive ketones (excluding diaryl/α,β-unsaturated/α-hetero) is 2. The fourth-order valence-corrected chi connectivity index (χ4v) is 3.33. The molecule has 0 fully saturated rings. The molecular weight excluding hydrogens is 486 g/mol. The van der Waals surface area contributed by atoms with E-state index < -0.39 is 28.8 Å². The molecule has 0 aliphatic rings. The van der Waals surface area contributed by atoms with Crippen LogP contribution in [0.2, 0.25) is 0 Å². The fraction of sp³-hybridized carbons (Fsp3) is 0.400. The van der Waals surface area contributed by atoms with Crippen LogP contribution in [-0.2, 0) is 9.53 Å². The Morgan fingerprint density at radius 3 is 2.45 bits per heavy atom. The number of aromatic hydroxyl groups is 1. The third kappa shape index (κ3) is 11.0. The second-order valence-electron chi connectivity index (χ2n) is 9.02. The highest BCUT2D eigenvalue weighted by Crippen LogP contribution is 2.26. The summed E-state index contributed by atoms with van der Waals surface area (Å²) >= 11 is 0. The van der Waals surface area contributed by atoms with Gasteiger partial charge in [-0.2, -0.15) is 0 Å². The van der Waals surface area contributed by atoms with E-state index in [1.807, 2.05) is 39.0 Å². The fourth-order valence-electron chi connectivity index (χ4n) is 3.33. The Labute approximate surface area is 224 Å². The summed E-state index contributed by atoms with van der Waals surface area (Å²) in [5.41, 5.74) is 0.566. The molecule has 1 aromatic rings. The van der Waals surface area contributed by atoms with Crippen molar-refractivity contribution >= 4 is 17.7 Å². The number of rotatable bonds is 14. The maximum atomic E-state index is 12.8. The minimum atomic E-state index is -0.904. The summed E-state index contributed by atoms with van der Waals surface area (Å²) in [5.74, 6) is -0.947. The highest BCUT2D eigenvalue weighted by atomic mass is 16.5. The van der Waals surface area contributed by atoms with Crippen LogP contribution in [0, 0.1) is 0 Å². The number of carbonyl (C=O) groups is 3. The molecule has 0 aliphatic carbocycles. The molecule has 1 rings (SSSR count). The van der Waals surface area contributed by atoms with Gasteiger partial charge in [0.25, 0.3) is 0 Å². The zero-order chi connectivity index (χ0) is 28.7. The zero-order valence-corrected chi connectivity index (χ0v) is 23.1. The lowest BCUT2D eigenvalue weighted by Crippen LogP contribution is -2.16. The van der Waals surface area contributed by atoms with Gasteiger partial charge in [0.2, 0.25) is 0 Å². The van der Waals surface area contributed by atoms with Crippen molar-refractivity contribution in [1.82, 2.24) is 5.32 Å². The lowest BCUT2D eigenvalue weighted by molar-refractivity contribution is -0.115. The molecular formula is C30H39NO7. The average molecular weight is 526 g/mol. The van der Waals surface area contributed by atoms with Gasteiger partial charge in [-0.05, 0) is 64.5 Å². The molecule has 2 N–H and O–H groups in total. The number of hydrogen-bond donors (Lipinski definition) is 2.